The number of esters is 1. The Morgan fingerprint density at radius 1 is 1.41 bits per heavy atom. The molecule has 10 heteroatoms. The summed E-state index contributed by atoms with van der Waals surface area (Å²) in [6.07, 6.45) is -8.44. The first kappa shape index (κ1) is 18.4. The average Bonchev–Trinajstić information content (AvgIpc) is 2.38. The fourth-order valence-corrected chi connectivity index (χ4v) is 1.84. The smallest absolute Gasteiger partial charge is 0.466 e. The summed E-state index contributed by atoms with van der Waals surface area (Å²) in [7, 11) is 0. The van der Waals surface area contributed by atoms with Crippen molar-refractivity contribution in [1.82, 2.24) is 4.98 Å². The van der Waals surface area contributed by atoms with E-state index < -0.39 is 53.6 Å². The Labute approximate surface area is 127 Å². The summed E-state index contributed by atoms with van der Waals surface area (Å²) in [5.74, 6) is -2.47. The minimum absolute atomic E-state index is 0.0498. The highest BCUT2D eigenvalue weighted by molar-refractivity contribution is 6.17. The van der Waals surface area contributed by atoms with Gasteiger partial charge in [-0.25, -0.2) is 8.78 Å². The van der Waals surface area contributed by atoms with Gasteiger partial charge in [0.15, 0.2) is 5.75 Å². The van der Waals surface area contributed by atoms with E-state index in [9.17, 15) is 26.7 Å². The van der Waals surface area contributed by atoms with Crippen molar-refractivity contribution in [3.05, 3.63) is 23.0 Å². The molecule has 124 valence electrons. The molecule has 0 fully saturated rings. The van der Waals surface area contributed by atoms with E-state index in [1.54, 1.807) is 0 Å². The number of rotatable bonds is 6. The van der Waals surface area contributed by atoms with Crippen molar-refractivity contribution < 1.29 is 36.2 Å². The number of aromatic nitrogens is 1. The SMILES string of the molecule is CCOC(=O)Cc1c(C(F)F)cnc(CCl)c1OC(F)(F)F. The molecule has 1 aromatic rings. The molecule has 0 aliphatic carbocycles. The monoisotopic (exact) mass is 347 g/mol. The quantitative estimate of drug-likeness (QED) is 0.446. The van der Waals surface area contributed by atoms with Gasteiger partial charge in [-0.15, -0.1) is 24.8 Å². The van der Waals surface area contributed by atoms with Crippen LogP contribution in [0.1, 0.15) is 30.2 Å². The third-order valence-corrected chi connectivity index (χ3v) is 2.70. The summed E-state index contributed by atoms with van der Waals surface area (Å²) in [4.78, 5) is 14.9. The maximum atomic E-state index is 13.0. The van der Waals surface area contributed by atoms with Crippen molar-refractivity contribution >= 4 is 17.6 Å². The Bertz CT molecular complexity index is 536. The number of ether oxygens (including phenoxy) is 2. The zero-order valence-electron chi connectivity index (χ0n) is 11.2. The maximum absolute atomic E-state index is 13.0. The van der Waals surface area contributed by atoms with Crippen LogP contribution in [0.15, 0.2) is 6.20 Å². The summed E-state index contributed by atoms with van der Waals surface area (Å²) >= 11 is 5.45. The number of hydrogen-bond acceptors (Lipinski definition) is 4. The summed E-state index contributed by atoms with van der Waals surface area (Å²) in [6, 6.07) is 0. The molecular weight excluding hydrogens is 337 g/mol. The second-order valence-corrected chi connectivity index (χ2v) is 4.20. The molecule has 22 heavy (non-hydrogen) atoms. The predicted octanol–water partition coefficient (Wildman–Crippen LogP) is 3.76. The van der Waals surface area contributed by atoms with E-state index in [0.29, 0.717) is 6.20 Å². The number of alkyl halides is 6. The van der Waals surface area contributed by atoms with E-state index in [4.69, 9.17) is 11.6 Å². The lowest BCUT2D eigenvalue weighted by Crippen LogP contribution is -2.21. The average molecular weight is 348 g/mol. The highest BCUT2D eigenvalue weighted by Gasteiger charge is 2.35. The number of nitrogens with zero attached hydrogens (tertiary/aromatic N) is 1. The first-order chi connectivity index (χ1) is 10.2. The molecule has 0 radical (unpaired) electrons. The molecule has 4 nitrogen and oxygen atoms in total. The van der Waals surface area contributed by atoms with Crippen molar-refractivity contribution in [3.8, 4) is 5.75 Å². The van der Waals surface area contributed by atoms with Crippen molar-refractivity contribution in [1.29, 1.82) is 0 Å². The molecule has 0 spiro atoms. The van der Waals surface area contributed by atoms with Gasteiger partial charge in [-0.3, -0.25) is 9.78 Å². The first-order valence-electron chi connectivity index (χ1n) is 5.95. The highest BCUT2D eigenvalue weighted by Crippen LogP contribution is 2.36. The minimum atomic E-state index is -5.15. The standard InChI is InChI=1S/C12H11ClF5NO3/c1-2-21-9(20)3-6-7(11(14)15)5-19-8(4-13)10(6)22-12(16,17)18/h5,11H,2-4H2,1H3. The number of pyridine rings is 1. The molecule has 0 amide bonds. The largest absolute Gasteiger partial charge is 0.573 e. The van der Waals surface area contributed by atoms with Gasteiger partial charge < -0.3 is 9.47 Å². The van der Waals surface area contributed by atoms with E-state index >= 15 is 0 Å². The number of hydrogen-bond donors (Lipinski definition) is 0. The first-order valence-corrected chi connectivity index (χ1v) is 6.49. The van der Waals surface area contributed by atoms with Gasteiger partial charge in [0.25, 0.3) is 6.43 Å². The molecule has 0 N–H and O–H groups in total. The molecule has 0 aromatic carbocycles. The molecule has 1 rings (SSSR count). The lowest BCUT2D eigenvalue weighted by atomic mass is 10.0. The van der Waals surface area contributed by atoms with Crippen LogP contribution in [0, 0.1) is 0 Å². The summed E-state index contributed by atoms with van der Waals surface area (Å²) in [5.41, 5.74) is -1.89. The second-order valence-electron chi connectivity index (χ2n) is 3.93. The Morgan fingerprint density at radius 2 is 2.05 bits per heavy atom. The van der Waals surface area contributed by atoms with Crippen LogP contribution in [0.4, 0.5) is 22.0 Å². The van der Waals surface area contributed by atoms with Gasteiger partial charge in [0.05, 0.1) is 24.6 Å². The Hall–Kier alpha value is -1.64. The minimum Gasteiger partial charge on any atom is -0.466 e. The molecule has 0 aliphatic heterocycles. The van der Waals surface area contributed by atoms with Crippen molar-refractivity contribution in [3.63, 3.8) is 0 Å². The molecule has 0 bridgehead atoms. The Kier molecular flexibility index (Phi) is 6.34. The lowest BCUT2D eigenvalue weighted by Gasteiger charge is -2.18. The van der Waals surface area contributed by atoms with Crippen LogP contribution in [0.3, 0.4) is 0 Å². The van der Waals surface area contributed by atoms with Gasteiger partial charge in [0.1, 0.15) is 0 Å². The number of carbonyl (C=O) groups excluding carboxylic acids is 1. The predicted molar refractivity (Wildman–Crippen MR) is 65.8 cm³/mol. The molecule has 0 saturated carbocycles. The van der Waals surface area contributed by atoms with Gasteiger partial charge in [0.2, 0.25) is 0 Å². The van der Waals surface area contributed by atoms with Crippen LogP contribution >= 0.6 is 11.6 Å². The molecular formula is C12H11ClF5NO3. The highest BCUT2D eigenvalue weighted by atomic mass is 35.5. The molecule has 1 heterocycles. The van der Waals surface area contributed by atoms with E-state index in [0.717, 1.165) is 0 Å². The zero-order chi connectivity index (χ0) is 16.9. The number of carbonyl (C=O) groups is 1. The third-order valence-electron chi connectivity index (χ3n) is 2.45. The second kappa shape index (κ2) is 7.57. The lowest BCUT2D eigenvalue weighted by molar-refractivity contribution is -0.275. The number of halogens is 6. The molecule has 0 aliphatic rings. The Balaban J connectivity index is 3.39. The van der Waals surface area contributed by atoms with Crippen molar-refractivity contribution in [2.75, 3.05) is 6.61 Å². The van der Waals surface area contributed by atoms with Gasteiger partial charge in [-0.05, 0) is 6.92 Å². The van der Waals surface area contributed by atoms with Crippen LogP contribution in [0.5, 0.6) is 5.75 Å². The molecule has 0 saturated heterocycles. The van der Waals surface area contributed by atoms with Gasteiger partial charge >= 0.3 is 12.3 Å². The summed E-state index contributed by atoms with van der Waals surface area (Å²) in [5, 5.41) is 0. The van der Waals surface area contributed by atoms with E-state index in [-0.39, 0.29) is 6.61 Å². The van der Waals surface area contributed by atoms with E-state index in [1.807, 2.05) is 0 Å². The van der Waals surface area contributed by atoms with E-state index in [2.05, 4.69) is 14.5 Å². The maximum Gasteiger partial charge on any atom is 0.573 e. The van der Waals surface area contributed by atoms with Gasteiger partial charge in [-0.2, -0.15) is 0 Å². The summed E-state index contributed by atoms with van der Waals surface area (Å²) in [6.45, 7) is 1.42. The van der Waals surface area contributed by atoms with Gasteiger partial charge in [0, 0.05) is 17.3 Å². The summed E-state index contributed by atoms with van der Waals surface area (Å²) < 4.78 is 71.6. The van der Waals surface area contributed by atoms with Crippen LogP contribution in [0.25, 0.3) is 0 Å². The molecule has 1 aromatic heterocycles. The molecule has 0 unspecified atom stereocenters. The fraction of sp³-hybridized carbons (Fsp3) is 0.500. The third kappa shape index (κ3) is 4.97. The van der Waals surface area contributed by atoms with Crippen LogP contribution in [-0.2, 0) is 21.8 Å². The van der Waals surface area contributed by atoms with Crippen molar-refractivity contribution in [2.45, 2.75) is 32.0 Å². The molecule has 0 atom stereocenters. The van der Waals surface area contributed by atoms with Crippen molar-refractivity contribution in [2.24, 2.45) is 0 Å². The van der Waals surface area contributed by atoms with Crippen LogP contribution < -0.4 is 4.74 Å². The normalized spacial score (nSPS) is 11.6. The Morgan fingerprint density at radius 3 is 2.50 bits per heavy atom. The zero-order valence-corrected chi connectivity index (χ0v) is 12.0. The topological polar surface area (TPSA) is 48.4 Å². The van der Waals surface area contributed by atoms with Crippen LogP contribution in [0.2, 0.25) is 0 Å². The van der Waals surface area contributed by atoms with E-state index in [1.165, 1.54) is 6.92 Å². The van der Waals surface area contributed by atoms with Crippen LogP contribution in [-0.4, -0.2) is 23.9 Å². The van der Waals surface area contributed by atoms with Gasteiger partial charge in [-0.1, -0.05) is 0 Å². The fourth-order valence-electron chi connectivity index (χ4n) is 1.65.